The van der Waals surface area contributed by atoms with Crippen LogP contribution < -0.4 is 5.32 Å². The van der Waals surface area contributed by atoms with E-state index in [0.717, 1.165) is 17.7 Å². The molecule has 3 heterocycles. The highest BCUT2D eigenvalue weighted by Gasteiger charge is 2.50. The Kier molecular flexibility index (Phi) is 5.51. The number of thiazole rings is 1. The fourth-order valence-electron chi connectivity index (χ4n) is 3.85. The molecule has 1 aliphatic carbocycles. The molecule has 2 aromatic rings. The molecule has 0 spiro atoms. The number of carbonyl (C=O) groups excluding carboxylic acids is 1. The lowest BCUT2D eigenvalue weighted by Crippen LogP contribution is -2.47. The summed E-state index contributed by atoms with van der Waals surface area (Å²) in [5, 5.41) is 17.1. The first-order chi connectivity index (χ1) is 14.3. The number of carboxylic acid groups (broad SMARTS) is 1. The number of anilines is 1. The van der Waals surface area contributed by atoms with Gasteiger partial charge in [0.05, 0.1) is 35.9 Å². The molecule has 0 bridgehead atoms. The molecule has 2 N–H and O–H groups in total. The Morgan fingerprint density at radius 2 is 2.27 bits per heavy atom. The Hall–Kier alpha value is -2.50. The van der Waals surface area contributed by atoms with Crippen LogP contribution in [0.2, 0.25) is 0 Å². The van der Waals surface area contributed by atoms with E-state index in [-0.39, 0.29) is 23.6 Å². The number of methoxy groups -OCH3 is 1. The molecule has 2 aliphatic rings. The van der Waals surface area contributed by atoms with Crippen molar-refractivity contribution in [3.63, 3.8) is 0 Å². The summed E-state index contributed by atoms with van der Waals surface area (Å²) in [6.07, 6.45) is 2.91. The second-order valence-electron chi connectivity index (χ2n) is 7.96. The summed E-state index contributed by atoms with van der Waals surface area (Å²) in [5.74, 6) is -0.308. The second kappa shape index (κ2) is 7.97. The first kappa shape index (κ1) is 20.8. The topological polar surface area (TPSA) is 119 Å². The van der Waals surface area contributed by atoms with Gasteiger partial charge in [0.15, 0.2) is 5.13 Å². The summed E-state index contributed by atoms with van der Waals surface area (Å²) in [6.45, 7) is 2.67. The lowest BCUT2D eigenvalue weighted by molar-refractivity contribution is 0.0755. The molecule has 2 amide bonds. The number of aromatic nitrogens is 3. The van der Waals surface area contributed by atoms with Crippen molar-refractivity contribution in [3.8, 4) is 0 Å². The van der Waals surface area contributed by atoms with Crippen LogP contribution in [-0.4, -0.2) is 62.1 Å². The average Bonchev–Trinajstić information content (AvgIpc) is 3.09. The van der Waals surface area contributed by atoms with Crippen molar-refractivity contribution >= 4 is 28.5 Å². The molecular weight excluding hydrogens is 410 g/mol. The van der Waals surface area contributed by atoms with Crippen LogP contribution in [0.4, 0.5) is 9.93 Å². The Balaban J connectivity index is 1.40. The maximum Gasteiger partial charge on any atom is 0.408 e. The molecule has 0 aromatic carbocycles. The van der Waals surface area contributed by atoms with E-state index >= 15 is 0 Å². The summed E-state index contributed by atoms with van der Waals surface area (Å²) < 4.78 is 12.4. The third-order valence-corrected chi connectivity index (χ3v) is 6.62. The SMILES string of the molecule is COCc1cc(C(=O)Nc2ncc([C@H]3C[C@@H](N(C(=O)O)C4(C)CC4)CO3)s2)n(C)n1. The van der Waals surface area contributed by atoms with Gasteiger partial charge in [-0.25, -0.2) is 9.78 Å². The van der Waals surface area contributed by atoms with Gasteiger partial charge in [-0.05, 0) is 25.8 Å². The Morgan fingerprint density at radius 3 is 2.93 bits per heavy atom. The molecule has 10 nitrogen and oxygen atoms in total. The molecule has 2 fully saturated rings. The van der Waals surface area contributed by atoms with Crippen LogP contribution in [0.15, 0.2) is 12.3 Å². The highest BCUT2D eigenvalue weighted by Crippen LogP contribution is 2.45. The summed E-state index contributed by atoms with van der Waals surface area (Å²) in [5.41, 5.74) is 0.806. The Bertz CT molecular complexity index is 953. The van der Waals surface area contributed by atoms with E-state index in [1.54, 1.807) is 31.3 Å². The first-order valence-corrected chi connectivity index (χ1v) is 10.5. The number of nitrogens with zero attached hydrogens (tertiary/aromatic N) is 4. The van der Waals surface area contributed by atoms with Crippen LogP contribution in [0.5, 0.6) is 0 Å². The van der Waals surface area contributed by atoms with E-state index in [1.807, 2.05) is 6.92 Å². The number of hydrogen-bond donors (Lipinski definition) is 2. The summed E-state index contributed by atoms with van der Waals surface area (Å²) in [6, 6.07) is 1.51. The smallest absolute Gasteiger partial charge is 0.408 e. The minimum absolute atomic E-state index is 0.172. The average molecular weight is 436 g/mol. The van der Waals surface area contributed by atoms with Gasteiger partial charge in [0.25, 0.3) is 5.91 Å². The van der Waals surface area contributed by atoms with Crippen molar-refractivity contribution in [1.82, 2.24) is 19.7 Å². The number of aryl methyl sites for hydroxylation is 1. The van der Waals surface area contributed by atoms with Crippen LogP contribution in [0.25, 0.3) is 0 Å². The molecule has 162 valence electrons. The maximum absolute atomic E-state index is 12.6. The van der Waals surface area contributed by atoms with E-state index < -0.39 is 6.09 Å². The lowest BCUT2D eigenvalue weighted by Gasteiger charge is -2.31. The minimum atomic E-state index is -0.898. The highest BCUT2D eigenvalue weighted by atomic mass is 32.1. The first-order valence-electron chi connectivity index (χ1n) is 9.73. The van der Waals surface area contributed by atoms with E-state index in [4.69, 9.17) is 9.47 Å². The maximum atomic E-state index is 12.6. The zero-order valence-electron chi connectivity index (χ0n) is 17.1. The molecule has 0 radical (unpaired) electrons. The molecule has 4 rings (SSSR count). The third kappa shape index (κ3) is 4.05. The van der Waals surface area contributed by atoms with Gasteiger partial charge in [-0.2, -0.15) is 5.10 Å². The van der Waals surface area contributed by atoms with Crippen molar-refractivity contribution in [1.29, 1.82) is 0 Å². The van der Waals surface area contributed by atoms with Gasteiger partial charge in [0, 0.05) is 32.3 Å². The molecule has 1 saturated heterocycles. The molecule has 1 aliphatic heterocycles. The quantitative estimate of drug-likeness (QED) is 0.686. The van der Waals surface area contributed by atoms with Crippen molar-refractivity contribution in [3.05, 3.63) is 28.5 Å². The zero-order valence-corrected chi connectivity index (χ0v) is 17.9. The highest BCUT2D eigenvalue weighted by molar-refractivity contribution is 7.15. The summed E-state index contributed by atoms with van der Waals surface area (Å²) in [4.78, 5) is 31.0. The van der Waals surface area contributed by atoms with Crippen molar-refractivity contribution < 1.29 is 24.2 Å². The van der Waals surface area contributed by atoms with Crippen LogP contribution in [0.3, 0.4) is 0 Å². The van der Waals surface area contributed by atoms with Gasteiger partial charge < -0.3 is 14.6 Å². The predicted molar refractivity (Wildman–Crippen MR) is 109 cm³/mol. The fourth-order valence-corrected chi connectivity index (χ4v) is 4.72. The van der Waals surface area contributed by atoms with Gasteiger partial charge in [-0.15, -0.1) is 0 Å². The Morgan fingerprint density at radius 1 is 1.50 bits per heavy atom. The van der Waals surface area contributed by atoms with Crippen molar-refractivity contribution in [2.24, 2.45) is 7.05 Å². The number of ether oxygens (including phenoxy) is 2. The largest absolute Gasteiger partial charge is 0.465 e. The van der Waals surface area contributed by atoms with Gasteiger partial charge in [-0.1, -0.05) is 11.3 Å². The Labute approximate surface area is 177 Å². The van der Waals surface area contributed by atoms with Gasteiger partial charge in [0.2, 0.25) is 0 Å². The van der Waals surface area contributed by atoms with Crippen molar-refractivity contribution in [2.45, 2.75) is 50.5 Å². The number of carbonyl (C=O) groups is 2. The molecule has 1 saturated carbocycles. The van der Waals surface area contributed by atoms with Gasteiger partial charge in [-0.3, -0.25) is 19.7 Å². The van der Waals surface area contributed by atoms with E-state index in [2.05, 4.69) is 15.4 Å². The standard InChI is InChI=1S/C19H25N5O5S/c1-19(4-5-19)24(18(26)27)12-7-14(29-10-12)15-8-20-17(30-15)21-16(25)13-6-11(9-28-3)22-23(13)2/h6,8,12,14H,4-5,7,9-10H2,1-3H3,(H,26,27)(H,20,21,25)/t12-,14-/m1/s1. The normalized spacial score (nSPS) is 22.1. The van der Waals surface area contributed by atoms with Gasteiger partial charge in [0.1, 0.15) is 5.69 Å². The minimum Gasteiger partial charge on any atom is -0.465 e. The van der Waals surface area contributed by atoms with Crippen LogP contribution in [0.1, 0.15) is 53.3 Å². The molecule has 2 atom stereocenters. The van der Waals surface area contributed by atoms with Crippen LogP contribution >= 0.6 is 11.3 Å². The third-order valence-electron chi connectivity index (χ3n) is 5.62. The predicted octanol–water partition coefficient (Wildman–Crippen LogP) is 2.64. The molecule has 11 heteroatoms. The zero-order chi connectivity index (χ0) is 21.5. The molecule has 2 aromatic heterocycles. The van der Waals surface area contributed by atoms with Crippen LogP contribution in [0, 0.1) is 0 Å². The molecular formula is C19H25N5O5S. The summed E-state index contributed by atoms with van der Waals surface area (Å²) in [7, 11) is 3.27. The van der Waals surface area contributed by atoms with Crippen molar-refractivity contribution in [2.75, 3.05) is 19.0 Å². The number of hydrogen-bond acceptors (Lipinski definition) is 7. The van der Waals surface area contributed by atoms with Gasteiger partial charge >= 0.3 is 6.09 Å². The molecule has 30 heavy (non-hydrogen) atoms. The van der Waals surface area contributed by atoms with E-state index in [9.17, 15) is 14.7 Å². The second-order valence-corrected chi connectivity index (χ2v) is 9.02. The van der Waals surface area contributed by atoms with Crippen LogP contribution in [-0.2, 0) is 23.1 Å². The number of amides is 2. The number of nitrogens with one attached hydrogen (secondary N) is 1. The lowest BCUT2D eigenvalue weighted by atomic mass is 10.1. The number of rotatable bonds is 7. The monoisotopic (exact) mass is 435 g/mol. The van der Waals surface area contributed by atoms with E-state index in [1.165, 1.54) is 16.0 Å². The fraction of sp³-hybridized carbons (Fsp3) is 0.579. The molecule has 0 unspecified atom stereocenters. The van der Waals surface area contributed by atoms with E-state index in [0.29, 0.717) is 36.2 Å². The summed E-state index contributed by atoms with van der Waals surface area (Å²) >= 11 is 1.33.